The maximum Gasteiger partial charge on any atom is 0.0339 e. The van der Waals surface area contributed by atoms with Crippen LogP contribution in [0.15, 0.2) is 0 Å². The average Bonchev–Trinajstić information content (AvgIpc) is 2.67. The Hall–Kier alpha value is 0.250. The van der Waals surface area contributed by atoms with Crippen LogP contribution >= 0.6 is 11.6 Å². The van der Waals surface area contributed by atoms with Gasteiger partial charge in [-0.25, -0.2) is 0 Å². The molecule has 0 amide bonds. The van der Waals surface area contributed by atoms with Crippen molar-refractivity contribution in [1.82, 2.24) is 5.32 Å². The number of alkyl halides is 1. The highest BCUT2D eigenvalue weighted by molar-refractivity contribution is 6.20. The van der Waals surface area contributed by atoms with Crippen molar-refractivity contribution in [3.63, 3.8) is 0 Å². The first-order chi connectivity index (χ1) is 6.84. The Morgan fingerprint density at radius 3 is 2.50 bits per heavy atom. The molecule has 0 aromatic heterocycles. The summed E-state index contributed by atoms with van der Waals surface area (Å²) in [5.41, 5.74) is 0. The van der Waals surface area contributed by atoms with Crippen LogP contribution in [0.5, 0.6) is 0 Å². The predicted molar refractivity (Wildman–Crippen MR) is 61.9 cm³/mol. The van der Waals surface area contributed by atoms with Crippen LogP contribution in [0, 0.1) is 5.92 Å². The van der Waals surface area contributed by atoms with Crippen LogP contribution in [0.1, 0.15) is 51.4 Å². The van der Waals surface area contributed by atoms with Crippen LogP contribution in [0.4, 0.5) is 0 Å². The Labute approximate surface area is 92.6 Å². The van der Waals surface area contributed by atoms with Crippen molar-refractivity contribution in [1.29, 1.82) is 0 Å². The summed E-state index contributed by atoms with van der Waals surface area (Å²) in [7, 11) is 0. The van der Waals surface area contributed by atoms with Crippen LogP contribution in [-0.2, 0) is 0 Å². The highest BCUT2D eigenvalue weighted by Crippen LogP contribution is 2.28. The Kier molecular flexibility index (Phi) is 4.12. The molecule has 2 atom stereocenters. The molecule has 14 heavy (non-hydrogen) atoms. The van der Waals surface area contributed by atoms with Gasteiger partial charge in [0.25, 0.3) is 0 Å². The van der Waals surface area contributed by atoms with Gasteiger partial charge in [0, 0.05) is 11.4 Å². The summed E-state index contributed by atoms with van der Waals surface area (Å²) in [6, 6.07) is 0.825. The second kappa shape index (κ2) is 5.37. The van der Waals surface area contributed by atoms with E-state index in [4.69, 9.17) is 11.6 Å². The fourth-order valence-electron chi connectivity index (χ4n) is 2.87. The Bertz CT molecular complexity index is 166. The van der Waals surface area contributed by atoms with Crippen LogP contribution in [0.3, 0.4) is 0 Å². The summed E-state index contributed by atoms with van der Waals surface area (Å²) >= 11 is 6.18. The molecule has 2 aliphatic rings. The summed E-state index contributed by atoms with van der Waals surface area (Å²) in [5, 5.41) is 4.17. The lowest BCUT2D eigenvalue weighted by Gasteiger charge is -2.26. The molecule has 2 heteroatoms. The fraction of sp³-hybridized carbons (Fsp3) is 1.00. The van der Waals surface area contributed by atoms with E-state index in [9.17, 15) is 0 Å². The third kappa shape index (κ3) is 3.13. The van der Waals surface area contributed by atoms with Crippen molar-refractivity contribution >= 4 is 11.6 Å². The molecule has 0 aliphatic heterocycles. The summed E-state index contributed by atoms with van der Waals surface area (Å²) in [5.74, 6) is 0.854. The van der Waals surface area contributed by atoms with Gasteiger partial charge in [0.1, 0.15) is 0 Å². The van der Waals surface area contributed by atoms with Gasteiger partial charge in [0.2, 0.25) is 0 Å². The molecule has 0 saturated heterocycles. The predicted octanol–water partition coefficient (Wildman–Crippen LogP) is 3.32. The van der Waals surface area contributed by atoms with Crippen molar-refractivity contribution < 1.29 is 0 Å². The molecule has 0 aromatic carbocycles. The van der Waals surface area contributed by atoms with Gasteiger partial charge in [0.05, 0.1) is 0 Å². The monoisotopic (exact) mass is 215 g/mol. The second-order valence-corrected chi connectivity index (χ2v) is 5.64. The SMILES string of the molecule is ClC1CCCC(CNC2CCCC2)C1. The molecule has 0 aromatic rings. The van der Waals surface area contributed by atoms with Gasteiger partial charge in [-0.05, 0) is 44.6 Å². The van der Waals surface area contributed by atoms with Gasteiger partial charge in [-0.3, -0.25) is 0 Å². The maximum atomic E-state index is 6.18. The van der Waals surface area contributed by atoms with Gasteiger partial charge in [-0.15, -0.1) is 11.6 Å². The number of rotatable bonds is 3. The van der Waals surface area contributed by atoms with E-state index >= 15 is 0 Å². The van der Waals surface area contributed by atoms with E-state index in [1.54, 1.807) is 0 Å². The molecule has 2 aliphatic carbocycles. The second-order valence-electron chi connectivity index (χ2n) is 5.02. The lowest BCUT2D eigenvalue weighted by molar-refractivity contribution is 0.331. The van der Waals surface area contributed by atoms with Gasteiger partial charge >= 0.3 is 0 Å². The third-order valence-corrected chi connectivity index (χ3v) is 4.17. The first kappa shape index (κ1) is 10.8. The van der Waals surface area contributed by atoms with E-state index in [1.165, 1.54) is 57.9 Å². The molecule has 1 nitrogen and oxygen atoms in total. The van der Waals surface area contributed by atoms with Crippen LogP contribution < -0.4 is 5.32 Å². The normalized spacial score (nSPS) is 34.9. The van der Waals surface area contributed by atoms with Crippen LogP contribution in [0.2, 0.25) is 0 Å². The van der Waals surface area contributed by atoms with Gasteiger partial charge < -0.3 is 5.32 Å². The van der Waals surface area contributed by atoms with Crippen molar-refractivity contribution in [2.75, 3.05) is 6.54 Å². The van der Waals surface area contributed by atoms with Gasteiger partial charge in [0.15, 0.2) is 0 Å². The molecule has 2 saturated carbocycles. The maximum absolute atomic E-state index is 6.18. The van der Waals surface area contributed by atoms with Crippen molar-refractivity contribution in [3.05, 3.63) is 0 Å². The number of halogens is 1. The van der Waals surface area contributed by atoms with Crippen molar-refractivity contribution in [3.8, 4) is 0 Å². The topological polar surface area (TPSA) is 12.0 Å². The Morgan fingerprint density at radius 1 is 1.00 bits per heavy atom. The minimum absolute atomic E-state index is 0.458. The largest absolute Gasteiger partial charge is 0.314 e. The molecule has 0 heterocycles. The van der Waals surface area contributed by atoms with Gasteiger partial charge in [-0.1, -0.05) is 19.3 Å². The Morgan fingerprint density at radius 2 is 1.79 bits per heavy atom. The van der Waals surface area contributed by atoms with E-state index in [2.05, 4.69) is 5.32 Å². The lowest BCUT2D eigenvalue weighted by atomic mass is 9.89. The molecular formula is C12H22ClN. The zero-order valence-corrected chi connectivity index (χ0v) is 9.73. The molecule has 0 bridgehead atoms. The van der Waals surface area contributed by atoms with E-state index < -0.39 is 0 Å². The zero-order valence-electron chi connectivity index (χ0n) is 8.97. The summed E-state index contributed by atoms with van der Waals surface area (Å²) < 4.78 is 0. The molecule has 2 unspecified atom stereocenters. The molecule has 2 rings (SSSR count). The molecular weight excluding hydrogens is 194 g/mol. The minimum Gasteiger partial charge on any atom is -0.314 e. The lowest BCUT2D eigenvalue weighted by Crippen LogP contribution is -2.33. The molecule has 0 radical (unpaired) electrons. The van der Waals surface area contributed by atoms with E-state index in [0.29, 0.717) is 5.38 Å². The quantitative estimate of drug-likeness (QED) is 0.713. The zero-order chi connectivity index (χ0) is 9.80. The van der Waals surface area contributed by atoms with Crippen LogP contribution in [-0.4, -0.2) is 18.0 Å². The first-order valence-electron chi connectivity index (χ1n) is 6.22. The fourth-order valence-corrected chi connectivity index (χ4v) is 3.28. The van der Waals surface area contributed by atoms with Gasteiger partial charge in [-0.2, -0.15) is 0 Å². The highest BCUT2D eigenvalue weighted by Gasteiger charge is 2.21. The van der Waals surface area contributed by atoms with Crippen molar-refractivity contribution in [2.24, 2.45) is 5.92 Å². The standard InChI is InChI=1S/C12H22ClN/c13-11-5-3-4-10(8-11)9-14-12-6-1-2-7-12/h10-12,14H,1-9H2. The average molecular weight is 216 g/mol. The minimum atomic E-state index is 0.458. The summed E-state index contributed by atoms with van der Waals surface area (Å²) in [6.45, 7) is 1.22. The number of hydrogen-bond donors (Lipinski definition) is 1. The first-order valence-corrected chi connectivity index (χ1v) is 6.65. The number of hydrogen-bond acceptors (Lipinski definition) is 1. The Balaban J connectivity index is 1.64. The molecule has 0 spiro atoms. The van der Waals surface area contributed by atoms with E-state index in [1.807, 2.05) is 0 Å². The van der Waals surface area contributed by atoms with E-state index in [-0.39, 0.29) is 0 Å². The molecule has 82 valence electrons. The molecule has 2 fully saturated rings. The molecule has 1 N–H and O–H groups in total. The highest BCUT2D eigenvalue weighted by atomic mass is 35.5. The van der Waals surface area contributed by atoms with Crippen molar-refractivity contribution in [2.45, 2.75) is 62.8 Å². The summed E-state index contributed by atoms with van der Waals surface area (Å²) in [6.07, 6.45) is 10.9. The smallest absolute Gasteiger partial charge is 0.0339 e. The van der Waals surface area contributed by atoms with E-state index in [0.717, 1.165) is 12.0 Å². The number of nitrogens with one attached hydrogen (secondary N) is 1. The van der Waals surface area contributed by atoms with Crippen LogP contribution in [0.25, 0.3) is 0 Å². The summed E-state index contributed by atoms with van der Waals surface area (Å²) in [4.78, 5) is 0. The third-order valence-electron chi connectivity index (χ3n) is 3.77.